The van der Waals surface area contributed by atoms with E-state index in [1.165, 1.54) is 0 Å². The van der Waals surface area contributed by atoms with E-state index in [1.54, 1.807) is 6.20 Å². The van der Waals surface area contributed by atoms with Crippen LogP contribution in [0.25, 0.3) is 5.57 Å². The van der Waals surface area contributed by atoms with Crippen LogP contribution in [-0.4, -0.2) is 17.8 Å². The summed E-state index contributed by atoms with van der Waals surface area (Å²) in [6, 6.07) is 3.76. The van der Waals surface area contributed by atoms with E-state index < -0.39 is 0 Å². The molecular weight excluding hydrogens is 152 g/mol. The van der Waals surface area contributed by atoms with Crippen LogP contribution in [0.2, 0.25) is 0 Å². The number of pyridine rings is 1. The molecule has 0 amide bonds. The van der Waals surface area contributed by atoms with Crippen molar-refractivity contribution in [3.8, 4) is 0 Å². The molecule has 0 fully saturated rings. The monoisotopic (exact) mass is 160 g/mol. The molecule has 0 unspecified atom stereocenters. The topological polar surface area (TPSA) is 42.0 Å². The molecule has 0 saturated heterocycles. The molecule has 0 saturated carbocycles. The number of hydrogen-bond donors (Lipinski definition) is 1. The van der Waals surface area contributed by atoms with E-state index in [0.29, 0.717) is 12.1 Å². The van der Waals surface area contributed by atoms with Crippen molar-refractivity contribution in [1.29, 1.82) is 0 Å². The maximum absolute atomic E-state index is 10.6. The predicted octanol–water partition coefficient (Wildman–Crippen LogP) is 1.09. The highest BCUT2D eigenvalue weighted by Crippen LogP contribution is 2.22. The Morgan fingerprint density at radius 2 is 2.50 bits per heavy atom. The van der Waals surface area contributed by atoms with Gasteiger partial charge in [-0.3, -0.25) is 9.78 Å². The highest BCUT2D eigenvalue weighted by Gasteiger charge is 2.10. The van der Waals surface area contributed by atoms with Crippen molar-refractivity contribution in [3.05, 3.63) is 30.1 Å². The second kappa shape index (κ2) is 2.77. The maximum atomic E-state index is 10.6. The molecule has 1 N–H and O–H groups in total. The lowest BCUT2D eigenvalue weighted by atomic mass is 10.1. The van der Waals surface area contributed by atoms with Crippen molar-refractivity contribution in [2.75, 3.05) is 11.9 Å². The zero-order valence-corrected chi connectivity index (χ0v) is 6.45. The van der Waals surface area contributed by atoms with Crippen LogP contribution >= 0.6 is 0 Å². The number of fused-ring (bicyclic) bond motifs is 1. The number of anilines is 1. The van der Waals surface area contributed by atoms with Gasteiger partial charge in [-0.05, 0) is 12.1 Å². The molecule has 2 rings (SSSR count). The molecule has 2 heterocycles. The number of carbonyl (C=O) groups is 1. The summed E-state index contributed by atoms with van der Waals surface area (Å²) in [7, 11) is 0. The highest BCUT2D eigenvalue weighted by molar-refractivity contribution is 6.09. The van der Waals surface area contributed by atoms with Crippen LogP contribution in [0.15, 0.2) is 24.4 Å². The van der Waals surface area contributed by atoms with Gasteiger partial charge in [0.05, 0.1) is 11.4 Å². The Labute approximate surface area is 70.1 Å². The lowest BCUT2D eigenvalue weighted by Gasteiger charge is -2.13. The molecular formula is C9H8N2O. The Hall–Kier alpha value is -1.64. The first-order chi connectivity index (χ1) is 5.92. The minimum Gasteiger partial charge on any atom is -0.380 e. The van der Waals surface area contributed by atoms with Crippen molar-refractivity contribution in [1.82, 2.24) is 4.98 Å². The standard InChI is InChI=1S/C9H8N2O/c12-6-7-3-5-10-8-2-1-4-11-9(7)8/h1-4,6,10H,5H2. The van der Waals surface area contributed by atoms with Crippen molar-refractivity contribution < 1.29 is 4.79 Å². The lowest BCUT2D eigenvalue weighted by Crippen LogP contribution is -2.09. The Kier molecular flexibility index (Phi) is 1.63. The Morgan fingerprint density at radius 1 is 1.58 bits per heavy atom. The number of allylic oxidation sites excluding steroid dienone is 1. The molecule has 0 spiro atoms. The number of rotatable bonds is 1. The summed E-state index contributed by atoms with van der Waals surface area (Å²) in [6.45, 7) is 0.701. The highest BCUT2D eigenvalue weighted by atomic mass is 16.1. The fourth-order valence-corrected chi connectivity index (χ4v) is 1.25. The van der Waals surface area contributed by atoms with Gasteiger partial charge in [0, 0.05) is 18.3 Å². The maximum Gasteiger partial charge on any atom is 0.152 e. The summed E-state index contributed by atoms with van der Waals surface area (Å²) in [6.07, 6.45) is 4.36. The number of hydrogen-bond acceptors (Lipinski definition) is 3. The normalized spacial score (nSPS) is 14.2. The first kappa shape index (κ1) is 7.03. The van der Waals surface area contributed by atoms with E-state index in [0.717, 1.165) is 17.7 Å². The molecule has 12 heavy (non-hydrogen) atoms. The quantitative estimate of drug-likeness (QED) is 0.625. The molecule has 0 aromatic carbocycles. The van der Waals surface area contributed by atoms with Gasteiger partial charge in [-0.25, -0.2) is 0 Å². The van der Waals surface area contributed by atoms with Gasteiger partial charge in [0.15, 0.2) is 6.29 Å². The largest absolute Gasteiger partial charge is 0.380 e. The first-order valence-electron chi connectivity index (χ1n) is 3.76. The van der Waals surface area contributed by atoms with Gasteiger partial charge >= 0.3 is 0 Å². The van der Waals surface area contributed by atoms with Crippen molar-refractivity contribution in [2.24, 2.45) is 0 Å². The van der Waals surface area contributed by atoms with Crippen LogP contribution < -0.4 is 5.32 Å². The van der Waals surface area contributed by atoms with Crippen molar-refractivity contribution >= 4 is 17.5 Å². The third kappa shape index (κ3) is 0.993. The summed E-state index contributed by atoms with van der Waals surface area (Å²) in [4.78, 5) is 14.7. The molecule has 0 bridgehead atoms. The number of nitrogens with one attached hydrogen (secondary N) is 1. The predicted molar refractivity (Wildman–Crippen MR) is 46.8 cm³/mol. The molecule has 0 radical (unpaired) electrons. The minimum atomic E-state index is 0.671. The summed E-state index contributed by atoms with van der Waals surface area (Å²) in [5.41, 5.74) is 2.35. The van der Waals surface area contributed by atoms with Crippen LogP contribution in [-0.2, 0) is 4.79 Å². The van der Waals surface area contributed by atoms with Gasteiger partial charge in [-0.2, -0.15) is 0 Å². The van der Waals surface area contributed by atoms with E-state index in [-0.39, 0.29) is 0 Å². The van der Waals surface area contributed by atoms with Gasteiger partial charge in [0.25, 0.3) is 0 Å². The number of carbonyl (C=O) groups excluding carboxylic acids is 1. The van der Waals surface area contributed by atoms with E-state index in [4.69, 9.17) is 0 Å². The summed E-state index contributed by atoms with van der Waals surface area (Å²) >= 11 is 0. The molecule has 1 aromatic heterocycles. The van der Waals surface area contributed by atoms with Crippen LogP contribution in [0.1, 0.15) is 5.69 Å². The fraction of sp³-hybridized carbons (Fsp3) is 0.111. The molecule has 3 heteroatoms. The molecule has 1 aliphatic rings. The Morgan fingerprint density at radius 3 is 3.33 bits per heavy atom. The van der Waals surface area contributed by atoms with Crippen LogP contribution in [0.5, 0.6) is 0 Å². The van der Waals surface area contributed by atoms with E-state index in [9.17, 15) is 4.79 Å². The third-order valence-corrected chi connectivity index (χ3v) is 1.82. The molecule has 0 atom stereocenters. The Bertz CT molecular complexity index is 344. The van der Waals surface area contributed by atoms with Gasteiger partial charge in [0.1, 0.15) is 0 Å². The summed E-state index contributed by atoms with van der Waals surface area (Å²) in [5.74, 6) is 0. The third-order valence-electron chi connectivity index (χ3n) is 1.82. The smallest absolute Gasteiger partial charge is 0.152 e. The first-order valence-corrected chi connectivity index (χ1v) is 3.76. The minimum absolute atomic E-state index is 0.671. The van der Waals surface area contributed by atoms with Crippen molar-refractivity contribution in [3.63, 3.8) is 0 Å². The molecule has 1 aromatic rings. The van der Waals surface area contributed by atoms with E-state index >= 15 is 0 Å². The van der Waals surface area contributed by atoms with Crippen LogP contribution in [0.3, 0.4) is 0 Å². The van der Waals surface area contributed by atoms with Crippen LogP contribution in [0.4, 0.5) is 5.69 Å². The van der Waals surface area contributed by atoms with Crippen molar-refractivity contribution in [2.45, 2.75) is 0 Å². The van der Waals surface area contributed by atoms with Gasteiger partial charge in [0.2, 0.25) is 0 Å². The van der Waals surface area contributed by atoms with Gasteiger partial charge in [-0.1, -0.05) is 6.08 Å². The van der Waals surface area contributed by atoms with Crippen LogP contribution in [0, 0.1) is 0 Å². The average molecular weight is 160 g/mol. The van der Waals surface area contributed by atoms with Gasteiger partial charge in [-0.15, -0.1) is 0 Å². The average Bonchev–Trinajstić information content (AvgIpc) is 2.17. The SMILES string of the molecule is O=CC1=CCNc2cccnc21. The zero-order valence-electron chi connectivity index (χ0n) is 6.45. The lowest BCUT2D eigenvalue weighted by molar-refractivity contribution is -0.103. The second-order valence-electron chi connectivity index (χ2n) is 2.56. The Balaban J connectivity index is 2.55. The molecule has 0 aliphatic carbocycles. The zero-order chi connectivity index (χ0) is 8.39. The molecule has 1 aliphatic heterocycles. The molecule has 60 valence electrons. The van der Waals surface area contributed by atoms with E-state index in [1.807, 2.05) is 18.2 Å². The fourth-order valence-electron chi connectivity index (χ4n) is 1.25. The second-order valence-corrected chi connectivity index (χ2v) is 2.56. The van der Waals surface area contributed by atoms with E-state index in [2.05, 4.69) is 10.3 Å². The number of aldehydes is 1. The number of nitrogens with zero attached hydrogens (tertiary/aromatic N) is 1. The molecule has 3 nitrogen and oxygen atoms in total. The summed E-state index contributed by atoms with van der Waals surface area (Å²) in [5, 5.41) is 3.13. The number of aromatic nitrogens is 1. The summed E-state index contributed by atoms with van der Waals surface area (Å²) < 4.78 is 0. The van der Waals surface area contributed by atoms with Gasteiger partial charge < -0.3 is 5.32 Å².